The Bertz CT molecular complexity index is 276. The molecule has 0 aromatic heterocycles. The van der Waals surface area contributed by atoms with Crippen molar-refractivity contribution in [1.29, 1.82) is 0 Å². The highest BCUT2D eigenvalue weighted by Gasteiger charge is 2.12. The van der Waals surface area contributed by atoms with Crippen LogP contribution in [0.15, 0.2) is 18.2 Å². The van der Waals surface area contributed by atoms with Crippen molar-refractivity contribution >= 4 is 34.4 Å². The zero-order chi connectivity index (χ0) is 9.14. The van der Waals surface area contributed by atoms with Crippen LogP contribution in [0.3, 0.4) is 0 Å². The molecule has 0 saturated heterocycles. The number of hydrogen-bond donors (Lipinski definition) is 0. The first-order valence-corrected chi connectivity index (χ1v) is 6.57. The van der Waals surface area contributed by atoms with E-state index in [0.717, 1.165) is 16.6 Å². The quantitative estimate of drug-likeness (QED) is 0.698. The van der Waals surface area contributed by atoms with E-state index < -0.39 is 6.63 Å². The Kier molecular flexibility index (Phi) is 3.64. The van der Waals surface area contributed by atoms with Crippen LogP contribution < -0.4 is 10.0 Å². The molecule has 0 bridgehead atoms. The third-order valence-corrected chi connectivity index (χ3v) is 3.52. The van der Waals surface area contributed by atoms with Gasteiger partial charge < -0.3 is 4.74 Å². The summed E-state index contributed by atoms with van der Waals surface area (Å²) in [6, 6.07) is 5.75. The summed E-state index contributed by atoms with van der Waals surface area (Å²) in [5.74, 6) is 0.770. The molecule has 1 rings (SSSR count). The molecule has 0 aliphatic carbocycles. The molecule has 12 heavy (non-hydrogen) atoms. The molecule has 0 heterocycles. The van der Waals surface area contributed by atoms with E-state index in [1.165, 1.54) is 0 Å². The molecule has 0 N–H and O–H groups in total. The van der Waals surface area contributed by atoms with Gasteiger partial charge in [-0.2, -0.15) is 0 Å². The molecule has 0 spiro atoms. The van der Waals surface area contributed by atoms with Gasteiger partial charge in [0.05, 0.1) is 12.4 Å². The minimum absolute atomic E-state index is 0.770. The molecular formula is C8H9Cl2OP. The molecule has 1 nitrogen and oxygen atoms in total. The van der Waals surface area contributed by atoms with E-state index >= 15 is 0 Å². The van der Waals surface area contributed by atoms with Crippen molar-refractivity contribution in [2.45, 2.75) is 6.92 Å². The predicted molar refractivity (Wildman–Crippen MR) is 56.0 cm³/mol. The van der Waals surface area contributed by atoms with Crippen LogP contribution in [0.5, 0.6) is 5.75 Å². The minimum Gasteiger partial charge on any atom is -0.496 e. The second-order valence-electron chi connectivity index (χ2n) is 2.36. The molecule has 0 saturated carbocycles. The SMILES string of the molecule is COc1cccc(C)c1P(Cl)Cl. The summed E-state index contributed by atoms with van der Waals surface area (Å²) in [5, 5.41) is 0.915. The number of hydrogen-bond acceptors (Lipinski definition) is 1. The smallest absolute Gasteiger partial charge is 0.129 e. The highest BCUT2D eigenvalue weighted by molar-refractivity contribution is 8.09. The molecular weight excluding hydrogens is 214 g/mol. The summed E-state index contributed by atoms with van der Waals surface area (Å²) in [5.41, 5.74) is 1.07. The topological polar surface area (TPSA) is 9.23 Å². The molecule has 0 amide bonds. The van der Waals surface area contributed by atoms with E-state index in [9.17, 15) is 0 Å². The van der Waals surface area contributed by atoms with Crippen LogP contribution in [0, 0.1) is 6.92 Å². The highest BCUT2D eigenvalue weighted by atomic mass is 35.9. The van der Waals surface area contributed by atoms with Crippen molar-refractivity contribution in [3.8, 4) is 5.75 Å². The molecule has 0 unspecified atom stereocenters. The summed E-state index contributed by atoms with van der Waals surface area (Å²) >= 11 is 11.7. The Morgan fingerprint density at radius 1 is 1.33 bits per heavy atom. The van der Waals surface area contributed by atoms with Crippen LogP contribution in [-0.4, -0.2) is 7.11 Å². The fourth-order valence-electron chi connectivity index (χ4n) is 1.01. The van der Waals surface area contributed by atoms with Gasteiger partial charge in [-0.15, -0.1) is 0 Å². The maximum absolute atomic E-state index is 5.84. The minimum atomic E-state index is -1.12. The fourth-order valence-corrected chi connectivity index (χ4v) is 2.99. The summed E-state index contributed by atoms with van der Waals surface area (Å²) in [4.78, 5) is 0. The van der Waals surface area contributed by atoms with Crippen LogP contribution >= 0.6 is 29.1 Å². The van der Waals surface area contributed by atoms with Crippen molar-refractivity contribution < 1.29 is 4.74 Å². The summed E-state index contributed by atoms with van der Waals surface area (Å²) in [7, 11) is 1.62. The van der Waals surface area contributed by atoms with Gasteiger partial charge in [0, 0.05) is 0 Å². The maximum Gasteiger partial charge on any atom is 0.129 e. The van der Waals surface area contributed by atoms with E-state index in [2.05, 4.69) is 0 Å². The van der Waals surface area contributed by atoms with Crippen molar-refractivity contribution in [3.63, 3.8) is 0 Å². The number of rotatable bonds is 2. The molecule has 4 heteroatoms. The number of halogens is 2. The molecule has 0 aliphatic rings. The van der Waals surface area contributed by atoms with Gasteiger partial charge in [0.2, 0.25) is 0 Å². The predicted octanol–water partition coefficient (Wildman–Crippen LogP) is 3.42. The molecule has 0 fully saturated rings. The lowest BCUT2D eigenvalue weighted by molar-refractivity contribution is 0.418. The zero-order valence-electron chi connectivity index (χ0n) is 6.84. The Morgan fingerprint density at radius 2 is 2.00 bits per heavy atom. The van der Waals surface area contributed by atoms with Crippen molar-refractivity contribution in [1.82, 2.24) is 0 Å². The number of methoxy groups -OCH3 is 1. The van der Waals surface area contributed by atoms with Crippen LogP contribution in [0.2, 0.25) is 0 Å². The molecule has 0 aliphatic heterocycles. The lowest BCUT2D eigenvalue weighted by Crippen LogP contribution is -2.05. The van der Waals surface area contributed by atoms with Crippen molar-refractivity contribution in [2.75, 3.05) is 7.11 Å². The van der Waals surface area contributed by atoms with Gasteiger partial charge in [0.1, 0.15) is 12.4 Å². The Balaban J connectivity index is 3.20. The van der Waals surface area contributed by atoms with Crippen LogP contribution in [0.25, 0.3) is 0 Å². The third-order valence-electron chi connectivity index (χ3n) is 1.59. The zero-order valence-corrected chi connectivity index (χ0v) is 9.25. The first-order chi connectivity index (χ1) is 5.66. The largest absolute Gasteiger partial charge is 0.496 e. The van der Waals surface area contributed by atoms with E-state index in [4.69, 9.17) is 27.2 Å². The van der Waals surface area contributed by atoms with Crippen LogP contribution in [-0.2, 0) is 0 Å². The molecule has 66 valence electrons. The van der Waals surface area contributed by atoms with E-state index in [1.807, 2.05) is 25.1 Å². The molecule has 1 aromatic rings. The highest BCUT2D eigenvalue weighted by Crippen LogP contribution is 2.48. The molecule has 0 radical (unpaired) electrons. The molecule has 1 aromatic carbocycles. The van der Waals surface area contributed by atoms with Gasteiger partial charge in [-0.1, -0.05) is 34.6 Å². The normalized spacial score (nSPS) is 10.4. The summed E-state index contributed by atoms with van der Waals surface area (Å²) in [6.45, 7) is 0.847. The van der Waals surface area contributed by atoms with Gasteiger partial charge in [0.25, 0.3) is 0 Å². The average molecular weight is 223 g/mol. The number of benzene rings is 1. The second-order valence-corrected chi connectivity index (χ2v) is 5.82. The first-order valence-electron chi connectivity index (χ1n) is 3.42. The van der Waals surface area contributed by atoms with Gasteiger partial charge in [-0.25, -0.2) is 0 Å². The maximum atomic E-state index is 5.84. The Labute approximate surface area is 83.0 Å². The van der Waals surface area contributed by atoms with E-state index in [-0.39, 0.29) is 0 Å². The van der Waals surface area contributed by atoms with Crippen LogP contribution in [0.1, 0.15) is 5.56 Å². The lowest BCUT2D eigenvalue weighted by atomic mass is 10.2. The fraction of sp³-hybridized carbons (Fsp3) is 0.250. The summed E-state index contributed by atoms with van der Waals surface area (Å²) in [6.07, 6.45) is 0. The van der Waals surface area contributed by atoms with Gasteiger partial charge in [-0.05, 0) is 18.6 Å². The summed E-state index contributed by atoms with van der Waals surface area (Å²) < 4.78 is 5.13. The molecule has 0 atom stereocenters. The third kappa shape index (κ3) is 2.04. The Morgan fingerprint density at radius 3 is 2.42 bits per heavy atom. The van der Waals surface area contributed by atoms with E-state index in [0.29, 0.717) is 0 Å². The Hall–Kier alpha value is 0.0300. The van der Waals surface area contributed by atoms with Gasteiger partial charge in [0.15, 0.2) is 0 Å². The second kappa shape index (κ2) is 4.32. The average Bonchev–Trinajstić information content (AvgIpc) is 2.03. The van der Waals surface area contributed by atoms with Crippen LogP contribution in [0.4, 0.5) is 0 Å². The first kappa shape index (κ1) is 10.1. The number of aryl methyl sites for hydroxylation is 1. The van der Waals surface area contributed by atoms with Gasteiger partial charge in [-0.3, -0.25) is 0 Å². The lowest BCUT2D eigenvalue weighted by Gasteiger charge is -2.10. The standard InChI is InChI=1S/C8H9Cl2OP/c1-6-4-3-5-7(11-2)8(6)12(9)10/h3-5H,1-2H3. The van der Waals surface area contributed by atoms with Crippen molar-refractivity contribution in [2.24, 2.45) is 0 Å². The number of ether oxygens (including phenoxy) is 1. The van der Waals surface area contributed by atoms with Gasteiger partial charge >= 0.3 is 0 Å². The van der Waals surface area contributed by atoms with Crippen molar-refractivity contribution in [3.05, 3.63) is 23.8 Å². The monoisotopic (exact) mass is 222 g/mol. The van der Waals surface area contributed by atoms with E-state index in [1.54, 1.807) is 7.11 Å².